The van der Waals surface area contributed by atoms with Crippen molar-refractivity contribution in [3.05, 3.63) is 111 Å². The molecule has 422 valence electrons. The molecule has 4 aromatic carbocycles. The van der Waals surface area contributed by atoms with E-state index in [0.717, 1.165) is 174 Å². The van der Waals surface area contributed by atoms with Gasteiger partial charge in [0.1, 0.15) is 0 Å². The molecule has 0 radical (unpaired) electrons. The first-order valence-corrected chi connectivity index (χ1v) is 28.9. The standard InChI is InChI=1S/C26H34N2O4.C17H26BNO3.C16H22BrNO3.C2H6/c1-3-28(23-8-12-31-13-9-23)25-17-22(16-24(19(25)2)26(29)30)21-6-4-20(5-7-21)18-27-10-14-32-15-11-27;1-16(2)17(3,4)22-18(21-16)15-7-5-14(6-8-15)13-19-9-11-20-12-10-19;1-4-18(13-5-7-21-8-6-13)15-10-12(17)9-14(11(15)2)16(19)20-3;1-2/h4-7,16-17,23H,3,8-15,18H2,1-2H3,(H,29,30);5-8H,9-13H2,1-4H3;9-10,13H,4-8H2,1-3H3;1-2H3. The quantitative estimate of drug-likeness (QED) is 0.0949. The smallest absolute Gasteiger partial charge is 0.478 e. The van der Waals surface area contributed by atoms with Gasteiger partial charge in [0.25, 0.3) is 0 Å². The molecule has 0 atom stereocenters. The molecule has 5 saturated heterocycles. The second-order valence-electron chi connectivity index (χ2n) is 21.1. The first kappa shape index (κ1) is 61.9. The van der Waals surface area contributed by atoms with Gasteiger partial charge in [-0.05, 0) is 144 Å². The van der Waals surface area contributed by atoms with Gasteiger partial charge in [0.05, 0.1) is 55.9 Å². The summed E-state index contributed by atoms with van der Waals surface area (Å²) in [6.07, 6.45) is 3.98. The van der Waals surface area contributed by atoms with Gasteiger partial charge in [0.15, 0.2) is 0 Å². The fraction of sp³-hybridized carbons (Fsp3) is 0.574. The second kappa shape index (κ2) is 29.7. The molecule has 0 unspecified atom stereocenters. The van der Waals surface area contributed by atoms with Crippen molar-refractivity contribution in [1.82, 2.24) is 9.80 Å². The van der Waals surface area contributed by atoms with Gasteiger partial charge in [-0.25, -0.2) is 9.59 Å². The molecule has 5 aliphatic rings. The summed E-state index contributed by atoms with van der Waals surface area (Å²) in [6.45, 7) is 34.5. The van der Waals surface area contributed by atoms with Crippen LogP contribution in [-0.2, 0) is 46.1 Å². The fourth-order valence-electron chi connectivity index (χ4n) is 10.5. The Balaban J connectivity index is 0.000000190. The number of carbonyl (C=O) groups is 2. The number of aromatic carboxylic acids is 1. The van der Waals surface area contributed by atoms with E-state index in [1.165, 1.54) is 18.2 Å². The maximum absolute atomic E-state index is 12.1. The number of benzene rings is 4. The van der Waals surface area contributed by atoms with E-state index in [1.54, 1.807) is 0 Å². The molecular weight excluding hydrogens is 1040 g/mol. The van der Waals surface area contributed by atoms with Crippen LogP contribution in [0.2, 0.25) is 0 Å². The van der Waals surface area contributed by atoms with Gasteiger partial charge in [-0.1, -0.05) is 78.3 Å². The lowest BCUT2D eigenvalue weighted by atomic mass is 9.79. The van der Waals surface area contributed by atoms with E-state index < -0.39 is 5.97 Å². The predicted molar refractivity (Wildman–Crippen MR) is 313 cm³/mol. The van der Waals surface area contributed by atoms with Crippen molar-refractivity contribution >= 4 is 51.8 Å². The van der Waals surface area contributed by atoms with Crippen LogP contribution in [0.1, 0.15) is 124 Å². The third kappa shape index (κ3) is 16.6. The van der Waals surface area contributed by atoms with Crippen molar-refractivity contribution in [2.45, 2.75) is 131 Å². The number of nitrogens with zero attached hydrogens (tertiary/aromatic N) is 4. The highest BCUT2D eigenvalue weighted by atomic mass is 79.9. The SMILES string of the molecule is CC.CC1(C)OB(c2ccc(CN3CCOCC3)cc2)OC1(C)C.CCN(c1cc(-c2ccc(CN3CCOCC3)cc2)cc(C(=O)O)c1C)C1CCOCC1.CCN(c1cc(Br)cc(C(=O)OC)c1C)C1CCOCC1. The molecule has 77 heavy (non-hydrogen) atoms. The van der Waals surface area contributed by atoms with E-state index in [9.17, 15) is 14.7 Å². The van der Waals surface area contributed by atoms with Crippen LogP contribution in [0.5, 0.6) is 0 Å². The Labute approximate surface area is 469 Å². The lowest BCUT2D eigenvalue weighted by Gasteiger charge is -2.36. The third-order valence-electron chi connectivity index (χ3n) is 15.7. The second-order valence-corrected chi connectivity index (χ2v) is 22.0. The molecule has 5 fully saturated rings. The minimum atomic E-state index is -0.877. The molecule has 16 heteroatoms. The summed E-state index contributed by atoms with van der Waals surface area (Å²) in [5.41, 5.74) is 10.0. The van der Waals surface area contributed by atoms with E-state index in [0.29, 0.717) is 23.2 Å². The number of methoxy groups -OCH3 is 1. The van der Waals surface area contributed by atoms with Crippen molar-refractivity contribution in [2.75, 3.05) is 109 Å². The molecule has 0 amide bonds. The Bertz CT molecular complexity index is 2450. The maximum Gasteiger partial charge on any atom is 0.494 e. The molecular formula is C61H88BBrN4O10. The number of anilines is 2. The highest BCUT2D eigenvalue weighted by Crippen LogP contribution is 2.37. The zero-order valence-corrected chi connectivity index (χ0v) is 49.7. The van der Waals surface area contributed by atoms with Gasteiger partial charge in [-0.2, -0.15) is 0 Å². The molecule has 0 saturated carbocycles. The van der Waals surface area contributed by atoms with Crippen LogP contribution in [0.4, 0.5) is 11.4 Å². The van der Waals surface area contributed by atoms with Gasteiger partial charge < -0.3 is 47.9 Å². The summed E-state index contributed by atoms with van der Waals surface area (Å²) >= 11 is 3.51. The van der Waals surface area contributed by atoms with Crippen LogP contribution < -0.4 is 15.3 Å². The predicted octanol–water partition coefficient (Wildman–Crippen LogP) is 10.6. The van der Waals surface area contributed by atoms with Crippen LogP contribution >= 0.6 is 15.9 Å². The lowest BCUT2D eigenvalue weighted by Crippen LogP contribution is -2.41. The molecule has 14 nitrogen and oxygen atoms in total. The van der Waals surface area contributed by atoms with Crippen LogP contribution in [0.3, 0.4) is 0 Å². The normalized spacial score (nSPS) is 18.9. The monoisotopic (exact) mass is 1130 g/mol. The fourth-order valence-corrected chi connectivity index (χ4v) is 11.0. The number of hydrogen-bond acceptors (Lipinski definition) is 13. The van der Waals surface area contributed by atoms with E-state index in [1.807, 2.05) is 39.8 Å². The Morgan fingerprint density at radius 1 is 0.623 bits per heavy atom. The Kier molecular flexibility index (Phi) is 23.9. The summed E-state index contributed by atoms with van der Waals surface area (Å²) in [4.78, 5) is 33.6. The van der Waals surface area contributed by atoms with Crippen LogP contribution in [0, 0.1) is 13.8 Å². The van der Waals surface area contributed by atoms with E-state index in [4.69, 9.17) is 33.0 Å². The maximum atomic E-state index is 12.1. The summed E-state index contributed by atoms with van der Waals surface area (Å²) in [5.74, 6) is -1.17. The van der Waals surface area contributed by atoms with E-state index in [-0.39, 0.29) is 24.3 Å². The topological polar surface area (TPSA) is 132 Å². The highest BCUT2D eigenvalue weighted by molar-refractivity contribution is 9.10. The number of hydrogen-bond donors (Lipinski definition) is 1. The molecule has 0 aromatic heterocycles. The zero-order chi connectivity index (χ0) is 55.7. The van der Waals surface area contributed by atoms with Crippen LogP contribution in [0.25, 0.3) is 11.1 Å². The Morgan fingerprint density at radius 3 is 1.47 bits per heavy atom. The van der Waals surface area contributed by atoms with Gasteiger partial charge in [-0.3, -0.25) is 9.80 Å². The average molecular weight is 1130 g/mol. The highest BCUT2D eigenvalue weighted by Gasteiger charge is 2.51. The summed E-state index contributed by atoms with van der Waals surface area (Å²) in [6, 6.07) is 25.9. The molecule has 9 rings (SSSR count). The molecule has 0 bridgehead atoms. The number of ether oxygens (including phenoxy) is 5. The van der Waals surface area contributed by atoms with Crippen LogP contribution in [0.15, 0.2) is 77.3 Å². The van der Waals surface area contributed by atoms with Gasteiger partial charge >= 0.3 is 19.1 Å². The van der Waals surface area contributed by atoms with Crippen molar-refractivity contribution in [3.8, 4) is 11.1 Å². The average Bonchev–Trinajstić information content (AvgIpc) is 3.68. The van der Waals surface area contributed by atoms with Crippen molar-refractivity contribution in [3.63, 3.8) is 0 Å². The number of carboxylic acid groups (broad SMARTS) is 1. The first-order chi connectivity index (χ1) is 37.0. The molecule has 0 aliphatic carbocycles. The number of halogens is 1. The summed E-state index contributed by atoms with van der Waals surface area (Å²) in [5, 5.41) is 9.90. The molecule has 1 N–H and O–H groups in total. The third-order valence-corrected chi connectivity index (χ3v) is 16.2. The van der Waals surface area contributed by atoms with Gasteiger partial charge in [-0.15, -0.1) is 0 Å². The van der Waals surface area contributed by atoms with Crippen molar-refractivity contribution in [1.29, 1.82) is 0 Å². The molecule has 0 spiro atoms. The van der Waals surface area contributed by atoms with Gasteiger partial charge in [0.2, 0.25) is 0 Å². The van der Waals surface area contributed by atoms with Crippen molar-refractivity contribution < 1.29 is 47.7 Å². The van der Waals surface area contributed by atoms with Crippen LogP contribution in [-0.4, -0.2) is 156 Å². The molecule has 5 heterocycles. The largest absolute Gasteiger partial charge is 0.494 e. The minimum Gasteiger partial charge on any atom is -0.478 e. The minimum absolute atomic E-state index is 0.276. The number of esters is 1. The number of rotatable bonds is 14. The molecule has 4 aromatic rings. The number of morpholine rings is 2. The summed E-state index contributed by atoms with van der Waals surface area (Å²) < 4.78 is 39.8. The summed E-state index contributed by atoms with van der Waals surface area (Å²) in [7, 11) is 1.14. The van der Waals surface area contributed by atoms with Crippen molar-refractivity contribution in [2.24, 2.45) is 0 Å². The Morgan fingerprint density at radius 2 is 1.04 bits per heavy atom. The first-order valence-electron chi connectivity index (χ1n) is 28.1. The van der Waals surface area contributed by atoms with E-state index >= 15 is 0 Å². The number of carboxylic acids is 1. The van der Waals surface area contributed by atoms with E-state index in [2.05, 4.69) is 138 Å². The zero-order valence-electron chi connectivity index (χ0n) is 48.1. The Hall–Kier alpha value is -4.36. The lowest BCUT2D eigenvalue weighted by molar-refractivity contribution is 0.00578. The van der Waals surface area contributed by atoms with Gasteiger partial charge in [0, 0.05) is 107 Å². The molecule has 5 aliphatic heterocycles. The number of carbonyl (C=O) groups excluding carboxylic acids is 1.